The van der Waals surface area contributed by atoms with E-state index in [2.05, 4.69) is 32.7 Å². The van der Waals surface area contributed by atoms with Crippen molar-refractivity contribution in [1.29, 1.82) is 0 Å². The van der Waals surface area contributed by atoms with E-state index in [1.165, 1.54) is 0 Å². The summed E-state index contributed by atoms with van der Waals surface area (Å²) in [6.45, 7) is 11.7. The van der Waals surface area contributed by atoms with Crippen molar-refractivity contribution in [2.75, 3.05) is 18.8 Å². The minimum atomic E-state index is -0.119. The maximum absolute atomic E-state index is 12.4. The zero-order chi connectivity index (χ0) is 14.6. The largest absolute Gasteiger partial charge is 0.384 e. The predicted molar refractivity (Wildman–Crippen MR) is 79.2 cm³/mol. The molecule has 0 radical (unpaired) electrons. The van der Waals surface area contributed by atoms with Crippen LogP contribution in [0.25, 0.3) is 0 Å². The molecule has 0 spiro atoms. The molecule has 0 saturated heterocycles. The van der Waals surface area contributed by atoms with Crippen molar-refractivity contribution >= 4 is 11.7 Å². The molecule has 1 aromatic heterocycles. The van der Waals surface area contributed by atoms with Crippen molar-refractivity contribution < 1.29 is 4.79 Å². The van der Waals surface area contributed by atoms with Crippen LogP contribution in [0.5, 0.6) is 0 Å². The van der Waals surface area contributed by atoms with E-state index in [4.69, 9.17) is 5.73 Å². The molecule has 1 amide bonds. The van der Waals surface area contributed by atoms with Gasteiger partial charge in [0.2, 0.25) is 0 Å². The van der Waals surface area contributed by atoms with E-state index >= 15 is 0 Å². The van der Waals surface area contributed by atoms with E-state index in [1.54, 1.807) is 6.07 Å². The van der Waals surface area contributed by atoms with Gasteiger partial charge in [-0.15, -0.1) is 0 Å². The van der Waals surface area contributed by atoms with Gasteiger partial charge in [0.25, 0.3) is 5.91 Å². The molecular weight excluding hydrogens is 238 g/mol. The van der Waals surface area contributed by atoms with Gasteiger partial charge in [0.05, 0.1) is 0 Å². The van der Waals surface area contributed by atoms with Crippen LogP contribution in [0.1, 0.15) is 57.1 Å². The molecule has 2 N–H and O–H groups in total. The fourth-order valence-electron chi connectivity index (χ4n) is 1.92. The zero-order valence-electron chi connectivity index (χ0n) is 12.7. The number of nitrogens with zero attached hydrogens (tertiary/aromatic N) is 2. The highest BCUT2D eigenvalue weighted by molar-refractivity contribution is 5.95. The van der Waals surface area contributed by atoms with Gasteiger partial charge < -0.3 is 10.6 Å². The number of nitrogens with two attached hydrogens (primary N) is 1. The lowest BCUT2D eigenvalue weighted by Gasteiger charge is -2.23. The summed E-state index contributed by atoms with van der Waals surface area (Å²) in [5, 5.41) is 0. The molecule has 19 heavy (non-hydrogen) atoms. The molecule has 0 unspecified atom stereocenters. The molecule has 0 aliphatic heterocycles. The van der Waals surface area contributed by atoms with Crippen LogP contribution >= 0.6 is 0 Å². The van der Waals surface area contributed by atoms with Crippen molar-refractivity contribution in [3.63, 3.8) is 0 Å². The van der Waals surface area contributed by atoms with Crippen molar-refractivity contribution in [3.8, 4) is 0 Å². The minimum absolute atomic E-state index is 0.0314. The van der Waals surface area contributed by atoms with Crippen LogP contribution in [0.2, 0.25) is 0 Å². The average Bonchev–Trinajstić information content (AvgIpc) is 2.33. The average molecular weight is 263 g/mol. The van der Waals surface area contributed by atoms with Crippen molar-refractivity contribution in [2.45, 2.75) is 46.5 Å². The Balaban J connectivity index is 3.13. The van der Waals surface area contributed by atoms with Crippen molar-refractivity contribution in [2.24, 2.45) is 0 Å². The topological polar surface area (TPSA) is 59.2 Å². The molecule has 0 bridgehead atoms. The van der Waals surface area contributed by atoms with E-state index < -0.39 is 0 Å². The molecule has 1 aromatic rings. The Hall–Kier alpha value is -1.58. The third-order valence-corrected chi connectivity index (χ3v) is 3.02. The first-order valence-corrected chi connectivity index (χ1v) is 6.86. The summed E-state index contributed by atoms with van der Waals surface area (Å²) in [5.41, 5.74) is 7.19. The number of amides is 1. The standard InChI is InChI=1S/C15H25N3O/c1-6-8-18(7-2)14(19)11-9-12(15(3,4)5)17-13(16)10-11/h9-10H,6-8H2,1-5H3,(H2,16,17). The first kappa shape index (κ1) is 15.5. The van der Waals surface area contributed by atoms with E-state index in [1.807, 2.05) is 17.9 Å². The van der Waals surface area contributed by atoms with Gasteiger partial charge in [-0.3, -0.25) is 4.79 Å². The van der Waals surface area contributed by atoms with Gasteiger partial charge >= 0.3 is 0 Å². The fraction of sp³-hybridized carbons (Fsp3) is 0.600. The van der Waals surface area contributed by atoms with E-state index in [0.29, 0.717) is 17.9 Å². The second-order valence-electron chi connectivity index (χ2n) is 5.80. The highest BCUT2D eigenvalue weighted by atomic mass is 16.2. The predicted octanol–water partition coefficient (Wildman–Crippen LogP) is 2.83. The van der Waals surface area contributed by atoms with Crippen LogP contribution in [0.4, 0.5) is 5.82 Å². The van der Waals surface area contributed by atoms with Crippen LogP contribution in [0.15, 0.2) is 12.1 Å². The van der Waals surface area contributed by atoms with Crippen LogP contribution in [0, 0.1) is 0 Å². The molecule has 1 heterocycles. The highest BCUT2D eigenvalue weighted by Crippen LogP contribution is 2.23. The maximum Gasteiger partial charge on any atom is 0.254 e. The molecule has 0 aromatic carbocycles. The molecule has 4 nitrogen and oxygen atoms in total. The lowest BCUT2D eigenvalue weighted by atomic mass is 9.90. The normalized spacial score (nSPS) is 11.4. The lowest BCUT2D eigenvalue weighted by Crippen LogP contribution is -2.32. The SMILES string of the molecule is CCCN(CC)C(=O)c1cc(N)nc(C(C)(C)C)c1. The Bertz CT molecular complexity index is 449. The Morgan fingerprint density at radius 1 is 1.32 bits per heavy atom. The van der Waals surface area contributed by atoms with Gasteiger partial charge in [0.15, 0.2) is 0 Å². The first-order valence-electron chi connectivity index (χ1n) is 6.86. The number of carbonyl (C=O) groups is 1. The lowest BCUT2D eigenvalue weighted by molar-refractivity contribution is 0.0764. The first-order chi connectivity index (χ1) is 8.79. The zero-order valence-corrected chi connectivity index (χ0v) is 12.7. The number of nitrogen functional groups attached to an aromatic ring is 1. The number of hydrogen-bond acceptors (Lipinski definition) is 3. The third kappa shape index (κ3) is 3.94. The molecule has 0 atom stereocenters. The molecule has 0 aliphatic rings. The number of anilines is 1. The highest BCUT2D eigenvalue weighted by Gasteiger charge is 2.20. The van der Waals surface area contributed by atoms with Crippen LogP contribution < -0.4 is 5.73 Å². The van der Waals surface area contributed by atoms with Gasteiger partial charge in [-0.05, 0) is 25.5 Å². The van der Waals surface area contributed by atoms with E-state index in [-0.39, 0.29) is 11.3 Å². The Kier molecular flexibility index (Phi) is 4.92. The van der Waals surface area contributed by atoms with Gasteiger partial charge in [-0.25, -0.2) is 4.98 Å². The van der Waals surface area contributed by atoms with Gasteiger partial charge in [0, 0.05) is 29.8 Å². The second kappa shape index (κ2) is 6.04. The van der Waals surface area contributed by atoms with Crippen molar-refractivity contribution in [3.05, 3.63) is 23.4 Å². The summed E-state index contributed by atoms with van der Waals surface area (Å²) < 4.78 is 0. The minimum Gasteiger partial charge on any atom is -0.384 e. The molecule has 0 fully saturated rings. The fourth-order valence-corrected chi connectivity index (χ4v) is 1.92. The Labute approximate surface area is 116 Å². The van der Waals surface area contributed by atoms with E-state index in [9.17, 15) is 4.79 Å². The summed E-state index contributed by atoms with van der Waals surface area (Å²) in [5.74, 6) is 0.437. The summed E-state index contributed by atoms with van der Waals surface area (Å²) in [6, 6.07) is 3.52. The van der Waals surface area contributed by atoms with Crippen molar-refractivity contribution in [1.82, 2.24) is 9.88 Å². The van der Waals surface area contributed by atoms with Crippen LogP contribution in [-0.4, -0.2) is 28.9 Å². The molecule has 106 valence electrons. The summed E-state index contributed by atoms with van der Waals surface area (Å²) in [4.78, 5) is 18.6. The summed E-state index contributed by atoms with van der Waals surface area (Å²) in [7, 11) is 0. The molecule has 1 rings (SSSR count). The van der Waals surface area contributed by atoms with E-state index in [0.717, 1.165) is 18.7 Å². The quantitative estimate of drug-likeness (QED) is 0.908. The second-order valence-corrected chi connectivity index (χ2v) is 5.80. The number of carbonyl (C=O) groups excluding carboxylic acids is 1. The third-order valence-electron chi connectivity index (χ3n) is 3.02. The van der Waals surface area contributed by atoms with Gasteiger partial charge in [-0.1, -0.05) is 27.7 Å². The Morgan fingerprint density at radius 3 is 2.42 bits per heavy atom. The number of rotatable bonds is 4. The number of pyridine rings is 1. The molecule has 0 aliphatic carbocycles. The van der Waals surface area contributed by atoms with Gasteiger partial charge in [-0.2, -0.15) is 0 Å². The van der Waals surface area contributed by atoms with Gasteiger partial charge in [0.1, 0.15) is 5.82 Å². The molecular formula is C15H25N3O. The number of hydrogen-bond donors (Lipinski definition) is 1. The Morgan fingerprint density at radius 2 is 1.95 bits per heavy atom. The summed E-state index contributed by atoms with van der Waals surface area (Å²) >= 11 is 0. The van der Waals surface area contributed by atoms with Crippen LogP contribution in [-0.2, 0) is 5.41 Å². The summed E-state index contributed by atoms with van der Waals surface area (Å²) in [6.07, 6.45) is 0.951. The smallest absolute Gasteiger partial charge is 0.254 e. The molecule has 0 saturated carbocycles. The number of aromatic nitrogens is 1. The van der Waals surface area contributed by atoms with Crippen LogP contribution in [0.3, 0.4) is 0 Å². The molecule has 4 heteroatoms. The monoisotopic (exact) mass is 263 g/mol. The maximum atomic E-state index is 12.4.